The van der Waals surface area contributed by atoms with Gasteiger partial charge in [0, 0.05) is 15.7 Å². The number of nitrogens with zero attached hydrogens (tertiary/aromatic N) is 1. The van der Waals surface area contributed by atoms with Crippen LogP contribution >= 0.6 is 15.9 Å². The average Bonchev–Trinajstić information content (AvgIpc) is 2.61. The molecule has 0 spiro atoms. The van der Waals surface area contributed by atoms with Gasteiger partial charge in [0.2, 0.25) is 5.75 Å². The third-order valence-corrected chi connectivity index (χ3v) is 3.68. The molecule has 0 unspecified atom stereocenters. The number of carbonyl (C=O) groups is 1. The number of aromatic hydroxyl groups is 1. The van der Waals surface area contributed by atoms with Crippen molar-refractivity contribution < 1.29 is 19.4 Å². The second-order valence-electron chi connectivity index (χ2n) is 4.93. The first-order chi connectivity index (χ1) is 12.0. The lowest BCUT2D eigenvalue weighted by Crippen LogP contribution is -2.25. The lowest BCUT2D eigenvalue weighted by molar-refractivity contribution is -0.119. The molecule has 2 aromatic carbocycles. The normalized spacial score (nSPS) is 10.5. The molecule has 0 aliphatic heterocycles. The van der Waals surface area contributed by atoms with E-state index in [1.54, 1.807) is 12.1 Å². The van der Waals surface area contributed by atoms with Crippen molar-refractivity contribution in [3.63, 3.8) is 0 Å². The molecule has 0 atom stereocenters. The second-order valence-corrected chi connectivity index (χ2v) is 5.85. The predicted octanol–water partition coefficient (Wildman–Crippen LogP) is 2.73. The number of benzene rings is 2. The van der Waals surface area contributed by atoms with Crippen molar-refractivity contribution in [1.82, 2.24) is 5.43 Å². The zero-order valence-corrected chi connectivity index (χ0v) is 15.3. The average molecular weight is 408 g/mol. The molecular weight excluding hydrogens is 390 g/mol. The number of hydrogen-bond donors (Lipinski definition) is 3. The van der Waals surface area contributed by atoms with Crippen molar-refractivity contribution in [1.29, 1.82) is 0 Å². The number of hydrogen-bond acceptors (Lipinski definition) is 6. The van der Waals surface area contributed by atoms with Gasteiger partial charge in [-0.3, -0.25) is 4.79 Å². The van der Waals surface area contributed by atoms with E-state index in [-0.39, 0.29) is 29.7 Å². The van der Waals surface area contributed by atoms with Crippen LogP contribution in [0.4, 0.5) is 5.69 Å². The van der Waals surface area contributed by atoms with E-state index in [0.717, 1.165) is 10.2 Å². The van der Waals surface area contributed by atoms with E-state index in [4.69, 9.17) is 9.47 Å². The molecule has 0 saturated carbocycles. The fraction of sp³-hybridized carbons (Fsp3) is 0.176. The third-order valence-electron chi connectivity index (χ3n) is 3.18. The molecule has 0 radical (unpaired) electrons. The highest BCUT2D eigenvalue weighted by atomic mass is 79.9. The van der Waals surface area contributed by atoms with Gasteiger partial charge >= 0.3 is 0 Å². The zero-order valence-electron chi connectivity index (χ0n) is 13.7. The summed E-state index contributed by atoms with van der Waals surface area (Å²) in [7, 11) is 2.87. The molecule has 3 N–H and O–H groups in total. The highest BCUT2D eigenvalue weighted by Gasteiger charge is 2.10. The number of rotatable bonds is 7. The summed E-state index contributed by atoms with van der Waals surface area (Å²) in [6.07, 6.45) is 1.43. The highest BCUT2D eigenvalue weighted by molar-refractivity contribution is 9.10. The molecule has 0 saturated heterocycles. The first-order valence-electron chi connectivity index (χ1n) is 7.30. The van der Waals surface area contributed by atoms with Crippen LogP contribution in [0.1, 0.15) is 5.56 Å². The van der Waals surface area contributed by atoms with Gasteiger partial charge in [0.25, 0.3) is 5.91 Å². The van der Waals surface area contributed by atoms with Crippen LogP contribution in [0.5, 0.6) is 17.2 Å². The fourth-order valence-corrected chi connectivity index (χ4v) is 2.39. The van der Waals surface area contributed by atoms with Crippen LogP contribution in [0.2, 0.25) is 0 Å². The van der Waals surface area contributed by atoms with Gasteiger partial charge in [-0.15, -0.1) is 0 Å². The Labute approximate surface area is 153 Å². The summed E-state index contributed by atoms with van der Waals surface area (Å²) in [6, 6.07) is 10.6. The van der Waals surface area contributed by atoms with Crippen LogP contribution in [0.3, 0.4) is 0 Å². The Kier molecular flexibility index (Phi) is 6.64. The first-order valence-corrected chi connectivity index (χ1v) is 8.09. The molecule has 7 nitrogen and oxygen atoms in total. The van der Waals surface area contributed by atoms with Crippen molar-refractivity contribution in [2.75, 3.05) is 26.1 Å². The van der Waals surface area contributed by atoms with E-state index < -0.39 is 0 Å². The number of nitrogens with one attached hydrogen (secondary N) is 2. The number of amides is 1. The van der Waals surface area contributed by atoms with Gasteiger partial charge in [-0.05, 0) is 30.3 Å². The minimum absolute atomic E-state index is 0.0794. The zero-order chi connectivity index (χ0) is 18.2. The van der Waals surface area contributed by atoms with Crippen molar-refractivity contribution in [3.05, 3.63) is 46.4 Å². The maximum atomic E-state index is 11.8. The van der Waals surface area contributed by atoms with Crippen molar-refractivity contribution >= 4 is 33.7 Å². The maximum absolute atomic E-state index is 11.8. The Balaban J connectivity index is 1.93. The standard InChI is InChI=1S/C17H18BrN3O4/c1-24-14-6-11(7-15(25-2)17(14)23)9-20-21-16(22)10-19-13-5-3-4-12(18)8-13/h3-9,19,23H,10H2,1-2H3,(H,21,22). The van der Waals surface area contributed by atoms with Crippen LogP contribution in [0, 0.1) is 0 Å². The topological polar surface area (TPSA) is 92.2 Å². The van der Waals surface area contributed by atoms with Gasteiger partial charge in [0.1, 0.15) is 0 Å². The SMILES string of the molecule is COc1cc(C=NNC(=O)CNc2cccc(Br)c2)cc(OC)c1O. The summed E-state index contributed by atoms with van der Waals surface area (Å²) < 4.78 is 11.0. The number of anilines is 1. The Morgan fingerprint density at radius 3 is 2.52 bits per heavy atom. The second kappa shape index (κ2) is 8.93. The van der Waals surface area contributed by atoms with Gasteiger partial charge in [-0.2, -0.15) is 5.10 Å². The molecule has 8 heteroatoms. The number of ether oxygens (including phenoxy) is 2. The molecule has 0 aliphatic rings. The number of methoxy groups -OCH3 is 2. The summed E-state index contributed by atoms with van der Waals surface area (Å²) in [6.45, 7) is 0.0794. The Bertz CT molecular complexity index is 755. The van der Waals surface area contributed by atoms with Gasteiger partial charge in [-0.1, -0.05) is 22.0 Å². The quantitative estimate of drug-likeness (QED) is 0.484. The largest absolute Gasteiger partial charge is 0.502 e. The lowest BCUT2D eigenvalue weighted by atomic mass is 10.2. The number of hydrazone groups is 1. The molecule has 0 bridgehead atoms. The first kappa shape index (κ1) is 18.6. The van der Waals surface area contributed by atoms with Crippen molar-refractivity contribution in [2.24, 2.45) is 5.10 Å². The number of phenolic OH excluding ortho intramolecular Hbond substituents is 1. The van der Waals surface area contributed by atoms with E-state index in [9.17, 15) is 9.90 Å². The smallest absolute Gasteiger partial charge is 0.259 e. The molecule has 0 aliphatic carbocycles. The Morgan fingerprint density at radius 1 is 1.24 bits per heavy atom. The molecule has 132 valence electrons. The number of halogens is 1. The summed E-state index contributed by atoms with van der Waals surface area (Å²) in [5, 5.41) is 16.7. The third kappa shape index (κ3) is 5.39. The monoisotopic (exact) mass is 407 g/mol. The van der Waals surface area contributed by atoms with E-state index in [0.29, 0.717) is 5.56 Å². The molecule has 2 aromatic rings. The predicted molar refractivity (Wildman–Crippen MR) is 99.6 cm³/mol. The molecule has 0 fully saturated rings. The van der Waals surface area contributed by atoms with E-state index in [1.807, 2.05) is 24.3 Å². The summed E-state index contributed by atoms with van der Waals surface area (Å²) in [5.74, 6) is 0.116. The summed E-state index contributed by atoms with van der Waals surface area (Å²) in [5.41, 5.74) is 3.84. The van der Waals surface area contributed by atoms with Gasteiger partial charge < -0.3 is 19.9 Å². The molecule has 0 heterocycles. The van der Waals surface area contributed by atoms with Crippen molar-refractivity contribution in [3.8, 4) is 17.2 Å². The van der Waals surface area contributed by atoms with Crippen LogP contribution in [0.15, 0.2) is 46.0 Å². The van der Waals surface area contributed by atoms with E-state index in [1.165, 1.54) is 20.4 Å². The van der Waals surface area contributed by atoms with Crippen molar-refractivity contribution in [2.45, 2.75) is 0 Å². The lowest BCUT2D eigenvalue weighted by Gasteiger charge is -2.09. The van der Waals surface area contributed by atoms with Gasteiger partial charge in [-0.25, -0.2) is 5.43 Å². The Hall–Kier alpha value is -2.74. The van der Waals surface area contributed by atoms with Crippen LogP contribution in [0.25, 0.3) is 0 Å². The summed E-state index contributed by atoms with van der Waals surface area (Å²) in [4.78, 5) is 11.8. The fourth-order valence-electron chi connectivity index (χ4n) is 1.99. The van der Waals surface area contributed by atoms with E-state index >= 15 is 0 Å². The highest BCUT2D eigenvalue weighted by Crippen LogP contribution is 2.36. The van der Waals surface area contributed by atoms with Crippen LogP contribution in [-0.2, 0) is 4.79 Å². The summed E-state index contributed by atoms with van der Waals surface area (Å²) >= 11 is 3.36. The van der Waals surface area contributed by atoms with E-state index in [2.05, 4.69) is 31.8 Å². The minimum Gasteiger partial charge on any atom is -0.502 e. The van der Waals surface area contributed by atoms with Gasteiger partial charge in [0.15, 0.2) is 11.5 Å². The van der Waals surface area contributed by atoms with Crippen LogP contribution < -0.4 is 20.2 Å². The molecule has 0 aromatic heterocycles. The number of phenols is 1. The van der Waals surface area contributed by atoms with Gasteiger partial charge in [0.05, 0.1) is 27.0 Å². The van der Waals surface area contributed by atoms with Crippen LogP contribution in [-0.4, -0.2) is 38.0 Å². The Morgan fingerprint density at radius 2 is 1.92 bits per heavy atom. The molecular formula is C17H18BrN3O4. The molecule has 1 amide bonds. The number of carbonyl (C=O) groups excluding carboxylic acids is 1. The molecule has 2 rings (SSSR count). The maximum Gasteiger partial charge on any atom is 0.259 e. The minimum atomic E-state index is -0.297. The molecule has 25 heavy (non-hydrogen) atoms.